The smallest absolute Gasteiger partial charge is 0.257 e. The molecule has 1 saturated heterocycles. The van der Waals surface area contributed by atoms with Crippen molar-refractivity contribution in [1.29, 1.82) is 0 Å². The molecule has 5 nitrogen and oxygen atoms in total. The number of hydrogen-bond donors (Lipinski definition) is 0. The molecule has 1 aliphatic rings. The molecule has 2 aromatic heterocycles. The second-order valence-corrected chi connectivity index (χ2v) is 7.58. The highest BCUT2D eigenvalue weighted by Crippen LogP contribution is 2.28. The number of thiophene rings is 1. The van der Waals surface area contributed by atoms with E-state index in [2.05, 4.69) is 46.3 Å². The standard InChI is InChI=1S/C20H23N3O2S/c1-15(19-21-22-20(25-19)18-8-5-13-26-18)23-11-9-17(10-12-23)24-14-16-6-3-2-4-7-16/h2-8,13,15,17H,9-12,14H2,1H3. The summed E-state index contributed by atoms with van der Waals surface area (Å²) in [6.45, 7) is 4.79. The first-order chi connectivity index (χ1) is 12.8. The third kappa shape index (κ3) is 4.03. The van der Waals surface area contributed by atoms with E-state index in [4.69, 9.17) is 9.15 Å². The summed E-state index contributed by atoms with van der Waals surface area (Å²) in [6.07, 6.45) is 2.38. The Morgan fingerprint density at radius 3 is 2.69 bits per heavy atom. The Balaban J connectivity index is 1.29. The highest BCUT2D eigenvalue weighted by atomic mass is 32.1. The lowest BCUT2D eigenvalue weighted by atomic mass is 10.1. The van der Waals surface area contributed by atoms with E-state index in [0.717, 1.165) is 30.8 Å². The lowest BCUT2D eigenvalue weighted by molar-refractivity contribution is -0.0119. The predicted molar refractivity (Wildman–Crippen MR) is 102 cm³/mol. The molecule has 4 rings (SSSR count). The molecule has 1 aromatic carbocycles. The molecule has 0 aliphatic carbocycles. The van der Waals surface area contributed by atoms with E-state index in [9.17, 15) is 0 Å². The minimum absolute atomic E-state index is 0.131. The summed E-state index contributed by atoms with van der Waals surface area (Å²) in [7, 11) is 0. The number of aromatic nitrogens is 2. The summed E-state index contributed by atoms with van der Waals surface area (Å²) in [5.41, 5.74) is 1.23. The molecule has 0 saturated carbocycles. The maximum absolute atomic E-state index is 6.08. The maximum Gasteiger partial charge on any atom is 0.257 e. The molecule has 1 aliphatic heterocycles. The third-order valence-electron chi connectivity index (χ3n) is 4.88. The topological polar surface area (TPSA) is 51.4 Å². The summed E-state index contributed by atoms with van der Waals surface area (Å²) < 4.78 is 12.0. The van der Waals surface area contributed by atoms with Crippen molar-refractivity contribution in [1.82, 2.24) is 15.1 Å². The quantitative estimate of drug-likeness (QED) is 0.638. The van der Waals surface area contributed by atoms with Gasteiger partial charge in [0.2, 0.25) is 5.89 Å². The number of nitrogens with zero attached hydrogens (tertiary/aromatic N) is 3. The Hall–Kier alpha value is -2.02. The molecule has 1 fully saturated rings. The Labute approximate surface area is 157 Å². The lowest BCUT2D eigenvalue weighted by Crippen LogP contribution is -2.38. The van der Waals surface area contributed by atoms with Crippen LogP contribution < -0.4 is 0 Å². The molecule has 0 amide bonds. The molecule has 1 atom stereocenters. The van der Waals surface area contributed by atoms with Crippen LogP contribution in [0, 0.1) is 0 Å². The first kappa shape index (κ1) is 17.4. The molecular formula is C20H23N3O2S. The Kier molecular flexibility index (Phi) is 5.43. The Morgan fingerprint density at radius 1 is 1.15 bits per heavy atom. The molecule has 0 spiro atoms. The predicted octanol–water partition coefficient (Wildman–Crippen LogP) is 4.54. The Morgan fingerprint density at radius 2 is 1.96 bits per heavy atom. The number of benzene rings is 1. The largest absolute Gasteiger partial charge is 0.418 e. The fraction of sp³-hybridized carbons (Fsp3) is 0.400. The van der Waals surface area contributed by atoms with Gasteiger partial charge in [-0.05, 0) is 36.8 Å². The van der Waals surface area contributed by atoms with Crippen LogP contribution in [-0.4, -0.2) is 34.3 Å². The van der Waals surface area contributed by atoms with Crippen LogP contribution >= 0.6 is 11.3 Å². The zero-order chi connectivity index (χ0) is 17.8. The van der Waals surface area contributed by atoms with E-state index < -0.39 is 0 Å². The van der Waals surface area contributed by atoms with Crippen molar-refractivity contribution in [3.63, 3.8) is 0 Å². The molecule has 0 bridgehead atoms. The van der Waals surface area contributed by atoms with Crippen molar-refractivity contribution in [2.75, 3.05) is 13.1 Å². The highest BCUT2D eigenvalue weighted by Gasteiger charge is 2.27. The fourth-order valence-corrected chi connectivity index (χ4v) is 3.92. The fourth-order valence-electron chi connectivity index (χ4n) is 3.28. The van der Waals surface area contributed by atoms with Crippen LogP contribution in [0.5, 0.6) is 0 Å². The molecule has 26 heavy (non-hydrogen) atoms. The van der Waals surface area contributed by atoms with Crippen LogP contribution in [0.3, 0.4) is 0 Å². The van der Waals surface area contributed by atoms with E-state index in [0.29, 0.717) is 24.5 Å². The Bertz CT molecular complexity index is 796. The summed E-state index contributed by atoms with van der Waals surface area (Å²) in [4.78, 5) is 3.41. The van der Waals surface area contributed by atoms with Crippen LogP contribution in [0.4, 0.5) is 0 Å². The van der Waals surface area contributed by atoms with Crippen LogP contribution in [-0.2, 0) is 11.3 Å². The van der Waals surface area contributed by atoms with Crippen molar-refractivity contribution < 1.29 is 9.15 Å². The van der Waals surface area contributed by atoms with Crippen molar-refractivity contribution >= 4 is 11.3 Å². The average Bonchev–Trinajstić information content (AvgIpc) is 3.38. The SMILES string of the molecule is CC(c1nnc(-c2cccs2)o1)N1CCC(OCc2ccccc2)CC1. The monoisotopic (exact) mass is 369 g/mol. The van der Waals surface area contributed by atoms with E-state index in [1.165, 1.54) is 5.56 Å². The van der Waals surface area contributed by atoms with Gasteiger partial charge in [0, 0.05) is 13.1 Å². The van der Waals surface area contributed by atoms with Gasteiger partial charge in [-0.25, -0.2) is 0 Å². The maximum atomic E-state index is 6.08. The molecule has 3 aromatic rings. The highest BCUT2D eigenvalue weighted by molar-refractivity contribution is 7.13. The van der Waals surface area contributed by atoms with Gasteiger partial charge in [0.15, 0.2) is 0 Å². The molecular weight excluding hydrogens is 346 g/mol. The normalized spacial score (nSPS) is 17.4. The first-order valence-corrected chi connectivity index (χ1v) is 9.94. The summed E-state index contributed by atoms with van der Waals surface area (Å²) in [6, 6.07) is 14.5. The third-order valence-corrected chi connectivity index (χ3v) is 5.74. The number of ether oxygens (including phenoxy) is 1. The second-order valence-electron chi connectivity index (χ2n) is 6.63. The summed E-state index contributed by atoms with van der Waals surface area (Å²) in [5, 5.41) is 10.5. The van der Waals surface area contributed by atoms with E-state index in [1.807, 2.05) is 23.6 Å². The van der Waals surface area contributed by atoms with Crippen LogP contribution in [0.1, 0.15) is 37.3 Å². The number of likely N-dealkylation sites (tertiary alicyclic amines) is 1. The van der Waals surface area contributed by atoms with E-state index in [-0.39, 0.29) is 6.04 Å². The van der Waals surface area contributed by atoms with E-state index >= 15 is 0 Å². The van der Waals surface area contributed by atoms with Crippen LogP contribution in [0.2, 0.25) is 0 Å². The van der Waals surface area contributed by atoms with Crippen LogP contribution in [0.15, 0.2) is 52.3 Å². The minimum Gasteiger partial charge on any atom is -0.418 e. The van der Waals surface area contributed by atoms with Gasteiger partial charge >= 0.3 is 0 Å². The molecule has 3 heterocycles. The van der Waals surface area contributed by atoms with Crippen LogP contribution in [0.25, 0.3) is 10.8 Å². The van der Waals surface area contributed by atoms with Gasteiger partial charge in [0.05, 0.1) is 23.6 Å². The minimum atomic E-state index is 0.131. The van der Waals surface area contributed by atoms with Gasteiger partial charge in [-0.3, -0.25) is 4.90 Å². The number of piperidine rings is 1. The van der Waals surface area contributed by atoms with Gasteiger partial charge in [0.25, 0.3) is 5.89 Å². The molecule has 0 radical (unpaired) electrons. The van der Waals surface area contributed by atoms with Crippen molar-refractivity contribution in [3.8, 4) is 10.8 Å². The van der Waals surface area contributed by atoms with Gasteiger partial charge in [-0.2, -0.15) is 0 Å². The van der Waals surface area contributed by atoms with Gasteiger partial charge in [-0.15, -0.1) is 21.5 Å². The summed E-state index contributed by atoms with van der Waals surface area (Å²) in [5.74, 6) is 1.31. The summed E-state index contributed by atoms with van der Waals surface area (Å²) >= 11 is 1.61. The van der Waals surface area contributed by atoms with Crippen molar-refractivity contribution in [2.24, 2.45) is 0 Å². The van der Waals surface area contributed by atoms with Gasteiger partial charge < -0.3 is 9.15 Å². The zero-order valence-corrected chi connectivity index (χ0v) is 15.7. The number of hydrogen-bond acceptors (Lipinski definition) is 6. The molecule has 6 heteroatoms. The first-order valence-electron chi connectivity index (χ1n) is 9.06. The zero-order valence-electron chi connectivity index (χ0n) is 14.9. The van der Waals surface area contributed by atoms with E-state index in [1.54, 1.807) is 11.3 Å². The van der Waals surface area contributed by atoms with Crippen molar-refractivity contribution in [3.05, 3.63) is 59.3 Å². The lowest BCUT2D eigenvalue weighted by Gasteiger charge is -2.34. The van der Waals surface area contributed by atoms with Gasteiger partial charge in [0.1, 0.15) is 0 Å². The molecule has 136 valence electrons. The molecule has 1 unspecified atom stereocenters. The van der Waals surface area contributed by atoms with Gasteiger partial charge in [-0.1, -0.05) is 36.4 Å². The number of rotatable bonds is 6. The average molecular weight is 369 g/mol. The molecule has 0 N–H and O–H groups in total. The van der Waals surface area contributed by atoms with Crippen molar-refractivity contribution in [2.45, 2.75) is 38.5 Å². The second kappa shape index (κ2) is 8.12.